The minimum Gasteiger partial charge on any atom is -0.494 e. The molecule has 3 aliphatic rings. The van der Waals surface area contributed by atoms with Gasteiger partial charge < -0.3 is 29.6 Å². The lowest BCUT2D eigenvalue weighted by Crippen LogP contribution is -2.49. The predicted octanol–water partition coefficient (Wildman–Crippen LogP) is 2.73. The number of carbonyl (C=O) groups excluding carboxylic acids is 2. The van der Waals surface area contributed by atoms with E-state index >= 15 is 0 Å². The van der Waals surface area contributed by atoms with Gasteiger partial charge in [0.15, 0.2) is 0 Å². The van der Waals surface area contributed by atoms with Crippen LogP contribution < -0.4 is 15.4 Å². The molecule has 2 aromatic carbocycles. The quantitative estimate of drug-likeness (QED) is 0.309. The maximum atomic E-state index is 13.5. The third-order valence-corrected chi connectivity index (χ3v) is 7.52. The molecule has 2 bridgehead atoms. The van der Waals surface area contributed by atoms with Crippen LogP contribution in [0.25, 0.3) is 0 Å². The van der Waals surface area contributed by atoms with Gasteiger partial charge in [-0.3, -0.25) is 9.69 Å². The van der Waals surface area contributed by atoms with Crippen molar-refractivity contribution < 1.29 is 28.5 Å². The van der Waals surface area contributed by atoms with Gasteiger partial charge in [-0.25, -0.2) is 4.79 Å². The molecule has 40 heavy (non-hydrogen) atoms. The molecule has 0 saturated carbocycles. The molecule has 0 aliphatic carbocycles. The highest BCUT2D eigenvalue weighted by Gasteiger charge is 2.58. The lowest BCUT2D eigenvalue weighted by Gasteiger charge is -2.36. The topological polar surface area (TPSA) is 98.4 Å². The van der Waals surface area contributed by atoms with Crippen molar-refractivity contribution in [3.63, 3.8) is 0 Å². The summed E-state index contributed by atoms with van der Waals surface area (Å²) in [6, 6.07) is 17.2. The summed E-state index contributed by atoms with van der Waals surface area (Å²) in [6.07, 6.45) is 3.64. The van der Waals surface area contributed by atoms with Crippen molar-refractivity contribution in [3.05, 3.63) is 83.5 Å². The Morgan fingerprint density at radius 3 is 2.67 bits per heavy atom. The fraction of sp³-hybridized carbons (Fsp3) is 0.419. The van der Waals surface area contributed by atoms with Crippen LogP contribution in [0.2, 0.25) is 0 Å². The van der Waals surface area contributed by atoms with E-state index in [0.29, 0.717) is 44.9 Å². The number of amides is 1. The molecule has 0 aromatic heterocycles. The molecule has 3 unspecified atom stereocenters. The highest BCUT2D eigenvalue weighted by atomic mass is 16.5. The van der Waals surface area contributed by atoms with Crippen LogP contribution >= 0.6 is 0 Å². The SMILES string of the molecule is CCOc1cccc(NC(Cc2ccccc2)C23C=CC(O2)C(C(=O)NCCN2CCOCC2)=C3C(=O)OC)c1. The molecule has 1 amide bonds. The second-order valence-electron chi connectivity index (χ2n) is 10.0. The van der Waals surface area contributed by atoms with Gasteiger partial charge in [0.25, 0.3) is 5.91 Å². The standard InChI is InChI=1S/C31H37N3O6/c1-3-39-24-11-7-10-23(21-24)33-26(20-22-8-5-4-6-9-22)31-13-12-25(40-31)27(28(31)30(36)37-2)29(35)32-14-15-34-16-18-38-19-17-34/h4-13,21,25-26,33H,3,14-20H2,1-2H3,(H,32,35). The number of carbonyl (C=O) groups is 2. The van der Waals surface area contributed by atoms with Crippen molar-refractivity contribution in [1.29, 1.82) is 0 Å². The zero-order valence-corrected chi connectivity index (χ0v) is 23.1. The Hall–Kier alpha value is -3.66. The zero-order chi connectivity index (χ0) is 28.0. The number of methoxy groups -OCH3 is 1. The molecule has 9 nitrogen and oxygen atoms in total. The highest BCUT2D eigenvalue weighted by molar-refractivity contribution is 6.07. The minimum atomic E-state index is -1.20. The Labute approximate surface area is 235 Å². The van der Waals surface area contributed by atoms with Gasteiger partial charge in [-0.1, -0.05) is 42.5 Å². The monoisotopic (exact) mass is 547 g/mol. The smallest absolute Gasteiger partial charge is 0.337 e. The van der Waals surface area contributed by atoms with Crippen molar-refractivity contribution in [2.75, 3.05) is 58.4 Å². The summed E-state index contributed by atoms with van der Waals surface area (Å²) < 4.78 is 22.9. The second kappa shape index (κ2) is 12.7. The van der Waals surface area contributed by atoms with Crippen molar-refractivity contribution in [1.82, 2.24) is 10.2 Å². The Morgan fingerprint density at radius 1 is 1.12 bits per heavy atom. The van der Waals surface area contributed by atoms with Crippen LogP contribution in [0.5, 0.6) is 5.75 Å². The lowest BCUT2D eigenvalue weighted by atomic mass is 9.78. The van der Waals surface area contributed by atoms with Gasteiger partial charge in [0.05, 0.1) is 44.1 Å². The maximum absolute atomic E-state index is 13.5. The predicted molar refractivity (Wildman–Crippen MR) is 151 cm³/mol. The van der Waals surface area contributed by atoms with Crippen LogP contribution in [-0.2, 0) is 30.2 Å². The molecule has 0 spiro atoms. The van der Waals surface area contributed by atoms with Crippen molar-refractivity contribution >= 4 is 17.6 Å². The van der Waals surface area contributed by atoms with E-state index in [1.165, 1.54) is 7.11 Å². The number of nitrogens with zero attached hydrogens (tertiary/aromatic N) is 1. The first-order valence-corrected chi connectivity index (χ1v) is 13.9. The molecule has 9 heteroatoms. The third-order valence-electron chi connectivity index (χ3n) is 7.52. The van der Waals surface area contributed by atoms with Gasteiger partial charge in [0.2, 0.25) is 0 Å². The van der Waals surface area contributed by atoms with Gasteiger partial charge in [-0.05, 0) is 37.1 Å². The van der Waals surface area contributed by atoms with Crippen molar-refractivity contribution in [3.8, 4) is 5.75 Å². The van der Waals surface area contributed by atoms with Gasteiger partial charge in [-0.15, -0.1) is 0 Å². The van der Waals surface area contributed by atoms with E-state index < -0.39 is 23.7 Å². The molecule has 0 radical (unpaired) electrons. The Bertz CT molecular complexity index is 1260. The van der Waals surface area contributed by atoms with Gasteiger partial charge in [-0.2, -0.15) is 0 Å². The molecule has 3 atom stereocenters. The summed E-state index contributed by atoms with van der Waals surface area (Å²) in [4.78, 5) is 29.1. The number of esters is 1. The van der Waals surface area contributed by atoms with E-state index in [2.05, 4.69) is 15.5 Å². The number of ether oxygens (including phenoxy) is 4. The van der Waals surface area contributed by atoms with E-state index in [1.54, 1.807) is 0 Å². The summed E-state index contributed by atoms with van der Waals surface area (Å²) in [7, 11) is 1.33. The zero-order valence-electron chi connectivity index (χ0n) is 23.1. The Balaban J connectivity index is 1.45. The van der Waals surface area contributed by atoms with Crippen molar-refractivity contribution in [2.45, 2.75) is 31.1 Å². The minimum absolute atomic E-state index is 0.237. The average Bonchev–Trinajstić information content (AvgIpc) is 3.56. The summed E-state index contributed by atoms with van der Waals surface area (Å²) in [6.45, 7) is 6.70. The van der Waals surface area contributed by atoms with Crippen LogP contribution in [0.1, 0.15) is 12.5 Å². The van der Waals surface area contributed by atoms with Crippen LogP contribution in [0.4, 0.5) is 5.69 Å². The highest BCUT2D eigenvalue weighted by Crippen LogP contribution is 2.47. The fourth-order valence-corrected chi connectivity index (χ4v) is 5.61. The average molecular weight is 548 g/mol. The molecule has 5 rings (SSSR count). The van der Waals surface area contributed by atoms with E-state index in [9.17, 15) is 9.59 Å². The summed E-state index contributed by atoms with van der Waals surface area (Å²) in [5.74, 6) is -0.158. The van der Waals surface area contributed by atoms with Gasteiger partial charge in [0.1, 0.15) is 17.5 Å². The van der Waals surface area contributed by atoms with Gasteiger partial charge in [0, 0.05) is 37.9 Å². The number of hydrogen-bond acceptors (Lipinski definition) is 8. The number of benzene rings is 2. The molecular weight excluding hydrogens is 510 g/mol. The molecule has 2 N–H and O–H groups in total. The number of hydrogen-bond donors (Lipinski definition) is 2. The molecule has 3 heterocycles. The molecule has 1 fully saturated rings. The normalized spacial score (nSPS) is 22.7. The molecule has 1 saturated heterocycles. The first kappa shape index (κ1) is 27.9. The largest absolute Gasteiger partial charge is 0.494 e. The number of anilines is 1. The molecule has 212 valence electrons. The Morgan fingerprint density at radius 2 is 1.93 bits per heavy atom. The van der Waals surface area contributed by atoms with Crippen LogP contribution in [0.15, 0.2) is 77.9 Å². The number of rotatable bonds is 12. The Kier molecular flexibility index (Phi) is 8.84. The van der Waals surface area contributed by atoms with E-state index in [4.69, 9.17) is 18.9 Å². The maximum Gasteiger partial charge on any atom is 0.337 e. The first-order chi connectivity index (χ1) is 19.5. The van der Waals surface area contributed by atoms with Crippen LogP contribution in [0, 0.1) is 0 Å². The molecule has 2 aromatic rings. The van der Waals surface area contributed by atoms with E-state index in [-0.39, 0.29) is 11.5 Å². The number of fused-ring (bicyclic) bond motifs is 2. The number of morpholine rings is 1. The number of nitrogens with one attached hydrogen (secondary N) is 2. The second-order valence-corrected chi connectivity index (χ2v) is 10.0. The van der Waals surface area contributed by atoms with E-state index in [1.807, 2.05) is 73.7 Å². The fourth-order valence-electron chi connectivity index (χ4n) is 5.61. The van der Waals surface area contributed by atoms with Crippen LogP contribution in [-0.4, -0.2) is 87.6 Å². The lowest BCUT2D eigenvalue weighted by molar-refractivity contribution is -0.138. The molecular formula is C31H37N3O6. The summed E-state index contributed by atoms with van der Waals surface area (Å²) in [5.41, 5.74) is 1.21. The van der Waals surface area contributed by atoms with Crippen LogP contribution in [0.3, 0.4) is 0 Å². The first-order valence-electron chi connectivity index (χ1n) is 13.9. The summed E-state index contributed by atoms with van der Waals surface area (Å²) in [5, 5.41) is 6.60. The van der Waals surface area contributed by atoms with Crippen molar-refractivity contribution in [2.24, 2.45) is 0 Å². The van der Waals surface area contributed by atoms with E-state index in [0.717, 1.165) is 30.1 Å². The summed E-state index contributed by atoms with van der Waals surface area (Å²) >= 11 is 0. The van der Waals surface area contributed by atoms with Gasteiger partial charge >= 0.3 is 5.97 Å². The molecule has 3 aliphatic heterocycles. The third kappa shape index (κ3) is 5.91.